The van der Waals surface area contributed by atoms with E-state index in [4.69, 9.17) is 38.9 Å². The Hall–Kier alpha value is -6.98. The van der Waals surface area contributed by atoms with Gasteiger partial charge in [0.2, 0.25) is 17.6 Å². The van der Waals surface area contributed by atoms with Crippen molar-refractivity contribution in [3.05, 3.63) is 51.6 Å². The van der Waals surface area contributed by atoms with Gasteiger partial charge in [0, 0.05) is 60.8 Å². The van der Waals surface area contributed by atoms with Crippen LogP contribution in [0.15, 0.2) is 28.4 Å². The molecule has 3 saturated heterocycles. The van der Waals surface area contributed by atoms with Crippen LogP contribution in [0.3, 0.4) is 0 Å². The number of aliphatic hydroxyl groups is 6. The number of nitrogens with one attached hydrogen (secondary N) is 2. The molecule has 3 heterocycles. The number of amides is 2. The van der Waals surface area contributed by atoms with Crippen molar-refractivity contribution in [2.24, 2.45) is 38.6 Å². The number of carboxylic acids is 3. The maximum Gasteiger partial charge on any atom is 0.336 e. The minimum absolute atomic E-state index is 0.00956. The van der Waals surface area contributed by atoms with Crippen molar-refractivity contribution in [3.63, 3.8) is 0 Å². The molecule has 90 heavy (non-hydrogen) atoms. The molecule has 0 saturated carbocycles. The van der Waals surface area contributed by atoms with Crippen molar-refractivity contribution in [3.8, 4) is 17.2 Å². The van der Waals surface area contributed by atoms with Gasteiger partial charge in [-0.2, -0.15) is 10.2 Å². The minimum atomic E-state index is -2.54. The second-order valence-electron chi connectivity index (χ2n) is 25.3. The Morgan fingerprint density at radius 1 is 0.811 bits per heavy atom. The van der Waals surface area contributed by atoms with Gasteiger partial charge in [-0.05, 0) is 43.6 Å². The van der Waals surface area contributed by atoms with Crippen molar-refractivity contribution in [2.45, 2.75) is 204 Å². The maximum absolute atomic E-state index is 14.1. The number of carbonyl (C=O) groups excluding carboxylic acids is 5. The summed E-state index contributed by atoms with van der Waals surface area (Å²) in [5.41, 5.74) is 4.67. The normalized spacial score (nSPS) is 31.5. The zero-order valence-electron chi connectivity index (χ0n) is 50.7. The van der Waals surface area contributed by atoms with Crippen molar-refractivity contribution in [1.82, 2.24) is 10.9 Å². The summed E-state index contributed by atoms with van der Waals surface area (Å²) in [6.45, 7) is 12.3. The van der Waals surface area contributed by atoms with Crippen molar-refractivity contribution in [2.75, 3.05) is 7.11 Å². The molecule has 0 aromatic heterocycles. The molecule has 2 aromatic carbocycles. The highest BCUT2D eigenvalue weighted by molar-refractivity contribution is 6.31. The van der Waals surface area contributed by atoms with Gasteiger partial charge in [0.05, 0.1) is 78.3 Å². The summed E-state index contributed by atoms with van der Waals surface area (Å²) in [6.07, 6.45) is -28.0. The Bertz CT molecular complexity index is 3130. The molecule has 0 spiro atoms. The number of rotatable bonds is 22. The molecule has 19 atom stereocenters. The summed E-state index contributed by atoms with van der Waals surface area (Å²) < 4.78 is 40.0. The van der Waals surface area contributed by atoms with Crippen LogP contribution in [0.4, 0.5) is 0 Å². The number of hydrogen-bond donors (Lipinski definition) is 14. The summed E-state index contributed by atoms with van der Waals surface area (Å²) in [4.78, 5) is 105. The van der Waals surface area contributed by atoms with E-state index in [0.717, 1.165) is 0 Å². The van der Waals surface area contributed by atoms with E-state index in [1.54, 1.807) is 48.5 Å². The number of hydrazone groups is 2. The van der Waals surface area contributed by atoms with Crippen LogP contribution in [0.1, 0.15) is 143 Å². The molecule has 15 N–H and O–H groups in total. The van der Waals surface area contributed by atoms with Gasteiger partial charge < -0.3 is 99.9 Å². The Balaban J connectivity index is 1.05. The SMILES string of the molecule is COc1cccc2c1C(=O)c1c(O)c3c(c(O)c1C2=O)C[C@@](O)(/C(C)=N\NC(=O)CCCCC(=O)N/N=C/C(OC(C(=O)O)C(C=O)O[C@@H]1OC(C(=O)O)[C@@H](C(C)(C)C)[C@@H](O)C1O)[C@@H]1C(C(=O)O)O[C@@H](C(C)(C)C)C(O)[C@@H]1O)C[C@@H]3OC1CC(N)C(O)C(C)O1. The number of aromatic hydroxyl groups is 2. The van der Waals surface area contributed by atoms with Crippen molar-refractivity contribution in [1.29, 1.82) is 0 Å². The number of phenolic OH excluding ortho intramolecular Hbond substituents is 2. The van der Waals surface area contributed by atoms with E-state index in [9.17, 15) is 94.5 Å². The average molecular weight is 1270 g/mol. The predicted octanol–water partition coefficient (Wildman–Crippen LogP) is -0.553. The molecular weight excluding hydrogens is 1190 g/mol. The topological polar surface area (TPSA) is 499 Å². The lowest BCUT2D eigenvalue weighted by Gasteiger charge is -2.48. The molecule has 3 fully saturated rings. The highest BCUT2D eigenvalue weighted by Crippen LogP contribution is 2.53. The monoisotopic (exact) mass is 1270 g/mol. The number of nitrogens with zero attached hydrogens (tertiary/aromatic N) is 2. The molecule has 5 aliphatic rings. The lowest BCUT2D eigenvalue weighted by atomic mass is 9.71. The number of hydrogen-bond acceptors (Lipinski definition) is 26. The highest BCUT2D eigenvalue weighted by Gasteiger charge is 2.57. The van der Waals surface area contributed by atoms with Crippen LogP contribution in [-0.4, -0.2) is 220 Å². The van der Waals surface area contributed by atoms with E-state index in [1.165, 1.54) is 32.2 Å². The first-order chi connectivity index (χ1) is 42.0. The summed E-state index contributed by atoms with van der Waals surface area (Å²) in [5.74, 6) is -13.2. The van der Waals surface area contributed by atoms with Crippen LogP contribution in [-0.2, 0) is 63.6 Å². The molecule has 11 unspecified atom stereocenters. The Kier molecular flexibility index (Phi) is 21.8. The third-order valence-corrected chi connectivity index (χ3v) is 16.9. The van der Waals surface area contributed by atoms with Gasteiger partial charge >= 0.3 is 17.9 Å². The fourth-order valence-electron chi connectivity index (χ4n) is 12.2. The largest absolute Gasteiger partial charge is 0.507 e. The van der Waals surface area contributed by atoms with Crippen LogP contribution in [0.5, 0.6) is 17.2 Å². The summed E-state index contributed by atoms with van der Waals surface area (Å²) >= 11 is 0. The lowest BCUT2D eigenvalue weighted by molar-refractivity contribution is -0.308. The molecule has 2 aromatic rings. The number of phenols is 2. The molecule has 2 amide bonds. The van der Waals surface area contributed by atoms with Gasteiger partial charge in [0.15, 0.2) is 49.1 Å². The van der Waals surface area contributed by atoms with E-state index < -0.39 is 203 Å². The van der Waals surface area contributed by atoms with E-state index in [-0.39, 0.29) is 72.1 Å². The summed E-state index contributed by atoms with van der Waals surface area (Å²) in [6, 6.07) is 3.42. The van der Waals surface area contributed by atoms with E-state index in [1.807, 2.05) is 0 Å². The number of benzene rings is 2. The van der Waals surface area contributed by atoms with Crippen molar-refractivity contribution < 1.29 is 128 Å². The minimum Gasteiger partial charge on any atom is -0.507 e. The number of aliphatic carboxylic acids is 3. The Labute approximate surface area is 515 Å². The molecule has 496 valence electrons. The number of unbranched alkanes of at least 4 members (excludes halogenated alkanes) is 1. The van der Waals surface area contributed by atoms with Gasteiger partial charge in [0.25, 0.3) is 0 Å². The standard InChI is InChI=1S/C59H79N5O26/c1-22-40(68)26(60)17-33(85-22)86-28-19-59(83,18-25-35(28)44(72)38-37(42(25)70)41(69)24-13-12-14-27(84-9)34(24)43(38)71)23(2)62-64-32(67)16-11-10-15-31(66)63-61-20-29(36-45(73)47(75)52(58(6,7)8)89-50(36)54(79)80)87-49(53(77)78)30(21-65)88-56-48(76)46(74)39(57(3,4)5)51(90-56)55(81)82/h12-14,20-22,26,28-30,33,36,39-40,45-52,56,68,70,72-76,83H,10-11,15-19,60H2,1-9H3,(H,63,66)(H,64,67)(H,77,78)(H,79,80)(H,81,82)/b61-20+,62-23-/t22?,26?,28-,29?,30?,33?,36-,39-,40?,45+,46+,47?,48?,49?,50?,51?,52+,56+,59-/m0/s1. The summed E-state index contributed by atoms with van der Waals surface area (Å²) in [7, 11) is 1.29. The predicted molar refractivity (Wildman–Crippen MR) is 306 cm³/mol. The third kappa shape index (κ3) is 14.5. The van der Waals surface area contributed by atoms with Gasteiger partial charge in [-0.3, -0.25) is 19.2 Å². The molecule has 31 heteroatoms. The van der Waals surface area contributed by atoms with Crippen LogP contribution < -0.4 is 21.3 Å². The molecule has 31 nitrogen and oxygen atoms in total. The number of carbonyl (C=O) groups is 8. The first-order valence-corrected chi connectivity index (χ1v) is 29.0. The smallest absolute Gasteiger partial charge is 0.336 e. The first kappa shape index (κ1) is 70.5. The average Bonchev–Trinajstić information content (AvgIpc) is 0.733. The van der Waals surface area contributed by atoms with E-state index in [0.29, 0.717) is 6.21 Å². The maximum atomic E-state index is 14.1. The van der Waals surface area contributed by atoms with Crippen LogP contribution in [0.2, 0.25) is 0 Å². The van der Waals surface area contributed by atoms with Gasteiger partial charge in [0.1, 0.15) is 41.2 Å². The molecule has 7 rings (SSSR count). The molecular formula is C59H79N5O26. The second kappa shape index (κ2) is 27.9. The second-order valence-corrected chi connectivity index (χ2v) is 25.3. The quantitative estimate of drug-likeness (QED) is 0.0197. The number of nitrogens with two attached hydrogens (primary N) is 1. The van der Waals surface area contributed by atoms with E-state index in [2.05, 4.69) is 21.1 Å². The lowest BCUT2D eigenvalue weighted by Crippen LogP contribution is -2.64. The fourth-order valence-corrected chi connectivity index (χ4v) is 12.2. The Morgan fingerprint density at radius 2 is 1.43 bits per heavy atom. The van der Waals surface area contributed by atoms with Gasteiger partial charge in [-0.25, -0.2) is 25.2 Å². The molecule has 0 radical (unpaired) electrons. The zero-order valence-corrected chi connectivity index (χ0v) is 50.7. The number of aliphatic hydroxyl groups excluding tert-OH is 5. The van der Waals surface area contributed by atoms with Crippen LogP contribution in [0, 0.1) is 22.7 Å². The van der Waals surface area contributed by atoms with Gasteiger partial charge in [-0.15, -0.1) is 0 Å². The van der Waals surface area contributed by atoms with Crippen LogP contribution in [0.25, 0.3) is 0 Å². The number of carboxylic acid groups (broad SMARTS) is 3. The number of ether oxygens (including phenoxy) is 7. The molecule has 2 aliphatic carbocycles. The number of fused-ring (bicyclic) bond motifs is 3. The number of ketones is 2. The molecule has 0 bridgehead atoms. The van der Waals surface area contributed by atoms with Crippen molar-refractivity contribution >= 4 is 59.5 Å². The Morgan fingerprint density at radius 3 is 2.00 bits per heavy atom. The zero-order chi connectivity index (χ0) is 67.0. The highest BCUT2D eigenvalue weighted by atomic mass is 16.7. The first-order valence-electron chi connectivity index (χ1n) is 29.0. The summed E-state index contributed by atoms with van der Waals surface area (Å²) in [5, 5.41) is 130. The van der Waals surface area contributed by atoms with E-state index >= 15 is 0 Å². The van der Waals surface area contributed by atoms with Gasteiger partial charge in [-0.1, -0.05) is 53.7 Å². The molecule has 3 aliphatic heterocycles. The van der Waals surface area contributed by atoms with Crippen LogP contribution >= 0.6 is 0 Å². The number of methoxy groups -OCH3 is 1. The number of aldehydes is 1. The fraction of sp³-hybridized carbons (Fsp3) is 0.627. The third-order valence-electron chi connectivity index (χ3n) is 16.9.